The van der Waals surface area contributed by atoms with Crippen LogP contribution in [0.2, 0.25) is 0 Å². The van der Waals surface area contributed by atoms with Gasteiger partial charge in [0.2, 0.25) is 0 Å². The third-order valence-corrected chi connectivity index (χ3v) is 4.05. The van der Waals surface area contributed by atoms with Crippen molar-refractivity contribution < 1.29 is 9.18 Å². The van der Waals surface area contributed by atoms with Crippen molar-refractivity contribution in [2.75, 3.05) is 6.54 Å². The van der Waals surface area contributed by atoms with E-state index in [1.54, 1.807) is 23.0 Å². The molecule has 0 aliphatic carbocycles. The molecule has 2 aromatic rings. The molecule has 1 amide bonds. The molecule has 0 radical (unpaired) electrons. The predicted molar refractivity (Wildman–Crippen MR) is 92.7 cm³/mol. The van der Waals surface area contributed by atoms with E-state index in [9.17, 15) is 9.18 Å². The van der Waals surface area contributed by atoms with Crippen molar-refractivity contribution in [3.05, 3.63) is 47.5 Å². The van der Waals surface area contributed by atoms with Crippen LogP contribution in [-0.2, 0) is 6.42 Å². The molecule has 6 heteroatoms. The third kappa shape index (κ3) is 4.20. The van der Waals surface area contributed by atoms with E-state index in [0.29, 0.717) is 18.5 Å². The number of benzene rings is 1. The molecule has 3 N–H and O–H groups in total. The summed E-state index contributed by atoms with van der Waals surface area (Å²) in [6.45, 7) is 4.49. The van der Waals surface area contributed by atoms with Crippen LogP contribution < -0.4 is 11.1 Å². The number of nitrogens with two attached hydrogens (primary N) is 1. The largest absolute Gasteiger partial charge is 0.348 e. The Balaban J connectivity index is 2.21. The van der Waals surface area contributed by atoms with Crippen molar-refractivity contribution in [3.63, 3.8) is 0 Å². The van der Waals surface area contributed by atoms with Gasteiger partial charge in [-0.1, -0.05) is 26.7 Å². The third-order valence-electron chi connectivity index (χ3n) is 4.05. The van der Waals surface area contributed by atoms with Gasteiger partial charge in [0.15, 0.2) is 0 Å². The maximum atomic E-state index is 13.1. The average Bonchev–Trinajstić information content (AvgIpc) is 3.03. The van der Waals surface area contributed by atoms with Gasteiger partial charge in [0, 0.05) is 12.6 Å². The first-order valence-electron chi connectivity index (χ1n) is 8.44. The number of nitrogens with zero attached hydrogens (tertiary/aromatic N) is 2. The molecule has 1 aromatic carbocycles. The number of carbonyl (C=O) groups is 1. The van der Waals surface area contributed by atoms with Crippen molar-refractivity contribution in [2.45, 2.75) is 45.6 Å². The van der Waals surface area contributed by atoms with Gasteiger partial charge in [-0.3, -0.25) is 4.79 Å². The Morgan fingerprint density at radius 1 is 1.33 bits per heavy atom. The highest BCUT2D eigenvalue weighted by molar-refractivity contribution is 5.95. The molecule has 5 nitrogen and oxygen atoms in total. The highest BCUT2D eigenvalue weighted by atomic mass is 19.1. The normalized spacial score (nSPS) is 12.2. The quantitative estimate of drug-likeness (QED) is 0.781. The van der Waals surface area contributed by atoms with Crippen LogP contribution in [0.5, 0.6) is 0 Å². The summed E-state index contributed by atoms with van der Waals surface area (Å²) in [5.41, 5.74) is 7.82. The Morgan fingerprint density at radius 2 is 2.04 bits per heavy atom. The molecule has 1 aromatic heterocycles. The number of hydrogen-bond donors (Lipinski definition) is 2. The first-order valence-corrected chi connectivity index (χ1v) is 8.44. The molecular formula is C18H25FN4O. The van der Waals surface area contributed by atoms with Crippen molar-refractivity contribution in [3.8, 4) is 5.69 Å². The standard InChI is InChI=1S/C18H25FN4O/c1-3-5-6-14(11-20)22-18(24)16-12-21-23(17(16)4-2)15-9-7-13(19)8-10-15/h7-10,12,14H,3-6,11,20H2,1-2H3,(H,22,24). The van der Waals surface area contributed by atoms with Crippen molar-refractivity contribution >= 4 is 5.91 Å². The van der Waals surface area contributed by atoms with Gasteiger partial charge in [-0.15, -0.1) is 0 Å². The first kappa shape index (κ1) is 18.1. The highest BCUT2D eigenvalue weighted by Crippen LogP contribution is 2.16. The van der Waals surface area contributed by atoms with E-state index < -0.39 is 0 Å². The number of hydrogen-bond acceptors (Lipinski definition) is 3. The lowest BCUT2D eigenvalue weighted by Crippen LogP contribution is -2.40. The molecule has 0 aliphatic rings. The zero-order valence-electron chi connectivity index (χ0n) is 14.3. The van der Waals surface area contributed by atoms with Crippen LogP contribution in [0.25, 0.3) is 5.69 Å². The Bertz CT molecular complexity index is 666. The second-order valence-electron chi connectivity index (χ2n) is 5.80. The lowest BCUT2D eigenvalue weighted by molar-refractivity contribution is 0.0935. The topological polar surface area (TPSA) is 72.9 Å². The molecule has 1 unspecified atom stereocenters. The van der Waals surface area contributed by atoms with Crippen LogP contribution >= 0.6 is 0 Å². The van der Waals surface area contributed by atoms with E-state index in [4.69, 9.17) is 5.73 Å². The smallest absolute Gasteiger partial charge is 0.255 e. The van der Waals surface area contributed by atoms with E-state index in [-0.39, 0.29) is 17.8 Å². The van der Waals surface area contributed by atoms with Crippen LogP contribution in [0.4, 0.5) is 4.39 Å². The summed E-state index contributed by atoms with van der Waals surface area (Å²) >= 11 is 0. The van der Waals surface area contributed by atoms with E-state index in [2.05, 4.69) is 17.3 Å². The van der Waals surface area contributed by atoms with E-state index in [1.165, 1.54) is 12.1 Å². The zero-order valence-corrected chi connectivity index (χ0v) is 14.3. The number of nitrogens with one attached hydrogen (secondary N) is 1. The fraction of sp³-hybridized carbons (Fsp3) is 0.444. The van der Waals surface area contributed by atoms with E-state index in [0.717, 1.165) is 30.6 Å². The molecule has 0 saturated heterocycles. The second-order valence-corrected chi connectivity index (χ2v) is 5.80. The number of unbranched alkanes of at least 4 members (excludes halogenated alkanes) is 1. The van der Waals surface area contributed by atoms with Crippen molar-refractivity contribution in [1.82, 2.24) is 15.1 Å². The highest BCUT2D eigenvalue weighted by Gasteiger charge is 2.19. The first-order chi connectivity index (χ1) is 11.6. The molecule has 130 valence electrons. The summed E-state index contributed by atoms with van der Waals surface area (Å²) < 4.78 is 14.8. The molecule has 1 atom stereocenters. The number of amides is 1. The van der Waals surface area contributed by atoms with Gasteiger partial charge in [-0.05, 0) is 37.1 Å². The van der Waals surface area contributed by atoms with Gasteiger partial charge >= 0.3 is 0 Å². The van der Waals surface area contributed by atoms with Crippen molar-refractivity contribution in [1.29, 1.82) is 0 Å². The van der Waals surface area contributed by atoms with Crippen LogP contribution in [0.1, 0.15) is 49.2 Å². The number of rotatable bonds is 8. The lowest BCUT2D eigenvalue weighted by atomic mass is 10.1. The SMILES string of the molecule is CCCCC(CN)NC(=O)c1cnn(-c2ccc(F)cc2)c1CC. The number of aromatic nitrogens is 2. The minimum atomic E-state index is -0.302. The second kappa shape index (κ2) is 8.59. The van der Waals surface area contributed by atoms with Gasteiger partial charge < -0.3 is 11.1 Å². The predicted octanol–water partition coefficient (Wildman–Crippen LogP) is 2.82. The Kier molecular flexibility index (Phi) is 6.49. The van der Waals surface area contributed by atoms with Crippen molar-refractivity contribution in [2.24, 2.45) is 5.73 Å². The van der Waals surface area contributed by atoms with Gasteiger partial charge in [-0.2, -0.15) is 5.10 Å². The molecule has 0 bridgehead atoms. The minimum Gasteiger partial charge on any atom is -0.348 e. The minimum absolute atomic E-state index is 0.0312. The summed E-state index contributed by atoms with van der Waals surface area (Å²) in [6.07, 6.45) is 5.16. The summed E-state index contributed by atoms with van der Waals surface area (Å²) in [5.74, 6) is -0.463. The molecule has 1 heterocycles. The van der Waals surface area contributed by atoms with Gasteiger partial charge in [0.05, 0.1) is 23.1 Å². The van der Waals surface area contributed by atoms with Crippen LogP contribution in [0.15, 0.2) is 30.5 Å². The molecule has 0 fully saturated rings. The Hall–Kier alpha value is -2.21. The van der Waals surface area contributed by atoms with Gasteiger partial charge in [-0.25, -0.2) is 9.07 Å². The van der Waals surface area contributed by atoms with Crippen LogP contribution in [0, 0.1) is 5.82 Å². The molecule has 2 rings (SSSR count). The summed E-state index contributed by atoms with van der Waals surface area (Å²) in [4.78, 5) is 12.6. The number of carbonyl (C=O) groups excluding carboxylic acids is 1. The fourth-order valence-corrected chi connectivity index (χ4v) is 2.67. The van der Waals surface area contributed by atoms with Crippen LogP contribution in [0.3, 0.4) is 0 Å². The molecule has 24 heavy (non-hydrogen) atoms. The maximum absolute atomic E-state index is 13.1. The average molecular weight is 332 g/mol. The monoisotopic (exact) mass is 332 g/mol. The number of halogens is 1. The molecule has 0 saturated carbocycles. The molecule has 0 aliphatic heterocycles. The maximum Gasteiger partial charge on any atom is 0.255 e. The van der Waals surface area contributed by atoms with E-state index >= 15 is 0 Å². The Labute approximate surface area is 142 Å². The van der Waals surface area contributed by atoms with Gasteiger partial charge in [0.25, 0.3) is 5.91 Å². The summed E-state index contributed by atoms with van der Waals surface area (Å²) in [6, 6.07) is 6.02. The zero-order chi connectivity index (χ0) is 17.5. The summed E-state index contributed by atoms with van der Waals surface area (Å²) in [7, 11) is 0. The van der Waals surface area contributed by atoms with E-state index in [1.807, 2.05) is 6.92 Å². The molecular weight excluding hydrogens is 307 g/mol. The summed E-state index contributed by atoms with van der Waals surface area (Å²) in [5, 5.41) is 7.29. The Morgan fingerprint density at radius 3 is 2.62 bits per heavy atom. The van der Waals surface area contributed by atoms with Crippen LogP contribution in [-0.4, -0.2) is 28.3 Å². The van der Waals surface area contributed by atoms with Gasteiger partial charge in [0.1, 0.15) is 5.82 Å². The lowest BCUT2D eigenvalue weighted by Gasteiger charge is -2.16. The fourth-order valence-electron chi connectivity index (χ4n) is 2.67. The molecule has 0 spiro atoms.